The van der Waals surface area contributed by atoms with Crippen LogP contribution >= 0.6 is 0 Å². The Morgan fingerprint density at radius 2 is 2.17 bits per heavy atom. The number of ether oxygens (including phenoxy) is 1. The van der Waals surface area contributed by atoms with E-state index in [0.717, 1.165) is 5.39 Å². The zero-order chi connectivity index (χ0) is 13.1. The van der Waals surface area contributed by atoms with Crippen LogP contribution in [0.4, 0.5) is 4.79 Å². The van der Waals surface area contributed by atoms with Crippen molar-refractivity contribution >= 4 is 22.8 Å². The topological polar surface area (TPSA) is 82.5 Å². The predicted octanol–water partition coefficient (Wildman–Crippen LogP) is 2.35. The van der Waals surface area contributed by atoms with Crippen LogP contribution in [0.15, 0.2) is 34.9 Å². The molecule has 0 saturated heterocycles. The molecule has 94 valence electrons. The predicted molar refractivity (Wildman–Crippen MR) is 65.2 cm³/mol. The highest BCUT2D eigenvalue weighted by Gasteiger charge is 2.17. The molecule has 2 aromatic rings. The third kappa shape index (κ3) is 2.51. The summed E-state index contributed by atoms with van der Waals surface area (Å²) in [5.41, 5.74) is 6.03. The standard InChI is InChI=1S/C13H13NO4/c1-8(7-18-13(14)16)12(15)10-3-2-9-4-5-17-11(9)6-10/h2-6,8H,7H2,1H3,(H2,14,16). The average Bonchev–Trinajstić information content (AvgIpc) is 2.81. The molecule has 0 fully saturated rings. The molecule has 1 aromatic carbocycles. The molecule has 0 saturated carbocycles. The van der Waals surface area contributed by atoms with Gasteiger partial charge in [-0.3, -0.25) is 4.79 Å². The van der Waals surface area contributed by atoms with Crippen molar-refractivity contribution in [3.63, 3.8) is 0 Å². The summed E-state index contributed by atoms with van der Waals surface area (Å²) in [4.78, 5) is 22.5. The molecule has 5 heteroatoms. The molecule has 0 radical (unpaired) electrons. The molecule has 1 unspecified atom stereocenters. The summed E-state index contributed by atoms with van der Waals surface area (Å²) in [6.07, 6.45) is 0.689. The molecule has 1 heterocycles. The van der Waals surface area contributed by atoms with Gasteiger partial charge >= 0.3 is 6.09 Å². The smallest absolute Gasteiger partial charge is 0.404 e. The summed E-state index contributed by atoms with van der Waals surface area (Å²) in [5.74, 6) is -0.556. The molecule has 18 heavy (non-hydrogen) atoms. The van der Waals surface area contributed by atoms with Crippen LogP contribution in [0.1, 0.15) is 17.3 Å². The molecule has 1 atom stereocenters. The molecule has 0 aliphatic carbocycles. The number of fused-ring (bicyclic) bond motifs is 1. The number of primary amides is 1. The van der Waals surface area contributed by atoms with E-state index in [1.807, 2.05) is 12.1 Å². The lowest BCUT2D eigenvalue weighted by Crippen LogP contribution is -2.22. The Morgan fingerprint density at radius 3 is 2.89 bits per heavy atom. The maximum atomic E-state index is 12.0. The summed E-state index contributed by atoms with van der Waals surface area (Å²) >= 11 is 0. The highest BCUT2D eigenvalue weighted by Crippen LogP contribution is 2.19. The lowest BCUT2D eigenvalue weighted by molar-refractivity contribution is 0.0846. The number of nitrogens with two attached hydrogens (primary N) is 1. The minimum absolute atomic E-state index is 0.0235. The maximum absolute atomic E-state index is 12.0. The molecule has 0 aliphatic rings. The van der Waals surface area contributed by atoms with Gasteiger partial charge in [-0.1, -0.05) is 19.1 Å². The van der Waals surface area contributed by atoms with E-state index in [2.05, 4.69) is 4.74 Å². The van der Waals surface area contributed by atoms with E-state index in [4.69, 9.17) is 10.2 Å². The SMILES string of the molecule is CC(COC(N)=O)C(=O)c1ccc2ccoc2c1. The van der Waals surface area contributed by atoms with E-state index in [-0.39, 0.29) is 12.4 Å². The van der Waals surface area contributed by atoms with Gasteiger partial charge in [-0.2, -0.15) is 0 Å². The van der Waals surface area contributed by atoms with Gasteiger partial charge in [0.1, 0.15) is 12.2 Å². The quantitative estimate of drug-likeness (QED) is 0.840. The largest absolute Gasteiger partial charge is 0.464 e. The number of Topliss-reactive ketones (excluding diaryl/α,β-unsaturated/α-hetero) is 1. The number of hydrogen-bond acceptors (Lipinski definition) is 4. The molecule has 2 N–H and O–H groups in total. The lowest BCUT2D eigenvalue weighted by atomic mass is 9.99. The number of rotatable bonds is 4. The first-order valence-electron chi connectivity index (χ1n) is 5.51. The summed E-state index contributed by atoms with van der Waals surface area (Å²) < 4.78 is 9.84. The Morgan fingerprint density at radius 1 is 1.39 bits per heavy atom. The molecule has 0 aliphatic heterocycles. The number of hydrogen-bond donors (Lipinski definition) is 1. The van der Waals surface area contributed by atoms with Gasteiger partial charge in [0, 0.05) is 10.9 Å². The average molecular weight is 247 g/mol. The minimum Gasteiger partial charge on any atom is -0.464 e. The fourth-order valence-electron chi connectivity index (χ4n) is 1.68. The van der Waals surface area contributed by atoms with E-state index in [1.165, 1.54) is 0 Å². The van der Waals surface area contributed by atoms with Crippen LogP contribution in [0.2, 0.25) is 0 Å². The molecule has 0 spiro atoms. The number of ketones is 1. The first kappa shape index (κ1) is 12.2. The van der Waals surface area contributed by atoms with E-state index in [1.54, 1.807) is 25.3 Å². The highest BCUT2D eigenvalue weighted by atomic mass is 16.5. The van der Waals surface area contributed by atoms with E-state index in [0.29, 0.717) is 11.1 Å². The highest BCUT2D eigenvalue weighted by molar-refractivity contribution is 6.00. The monoisotopic (exact) mass is 247 g/mol. The third-order valence-electron chi connectivity index (χ3n) is 2.66. The molecule has 2 rings (SSSR count). The van der Waals surface area contributed by atoms with Crippen molar-refractivity contribution in [2.75, 3.05) is 6.61 Å². The van der Waals surface area contributed by atoms with Gasteiger partial charge in [0.15, 0.2) is 5.78 Å². The van der Waals surface area contributed by atoms with Crippen molar-refractivity contribution in [2.45, 2.75) is 6.92 Å². The Labute approximate surface area is 104 Å². The van der Waals surface area contributed by atoms with Gasteiger partial charge in [-0.25, -0.2) is 4.79 Å². The zero-order valence-electron chi connectivity index (χ0n) is 9.88. The van der Waals surface area contributed by atoms with Crippen LogP contribution in [0.3, 0.4) is 0 Å². The van der Waals surface area contributed by atoms with Crippen LogP contribution < -0.4 is 5.73 Å². The Kier molecular flexibility index (Phi) is 3.32. The van der Waals surface area contributed by atoms with Crippen LogP contribution in [0.5, 0.6) is 0 Å². The lowest BCUT2D eigenvalue weighted by Gasteiger charge is -2.09. The number of amides is 1. The van der Waals surface area contributed by atoms with E-state index in [9.17, 15) is 9.59 Å². The molecule has 5 nitrogen and oxygen atoms in total. The van der Waals surface area contributed by atoms with Crippen molar-refractivity contribution in [1.82, 2.24) is 0 Å². The molecular weight excluding hydrogens is 234 g/mol. The van der Waals surface area contributed by atoms with Gasteiger partial charge in [0.25, 0.3) is 0 Å². The van der Waals surface area contributed by atoms with Crippen LogP contribution in [0, 0.1) is 5.92 Å². The van der Waals surface area contributed by atoms with Crippen LogP contribution in [0.25, 0.3) is 11.0 Å². The fourth-order valence-corrected chi connectivity index (χ4v) is 1.68. The van der Waals surface area contributed by atoms with Crippen molar-refractivity contribution in [3.8, 4) is 0 Å². The Bertz CT molecular complexity index is 587. The van der Waals surface area contributed by atoms with Gasteiger partial charge in [0.05, 0.1) is 12.2 Å². The summed E-state index contributed by atoms with van der Waals surface area (Å²) in [7, 11) is 0. The van der Waals surface area contributed by atoms with E-state index < -0.39 is 12.0 Å². The fraction of sp³-hybridized carbons (Fsp3) is 0.231. The van der Waals surface area contributed by atoms with Gasteiger partial charge in [0.2, 0.25) is 0 Å². The summed E-state index contributed by atoms with van der Waals surface area (Å²) in [5, 5.41) is 0.938. The number of furan rings is 1. The summed E-state index contributed by atoms with van der Waals surface area (Å²) in [6.45, 7) is 1.65. The van der Waals surface area contributed by atoms with Crippen molar-refractivity contribution in [3.05, 3.63) is 36.1 Å². The number of benzene rings is 1. The van der Waals surface area contributed by atoms with Crippen molar-refractivity contribution < 1.29 is 18.7 Å². The number of carbonyl (C=O) groups excluding carboxylic acids is 2. The molecular formula is C13H13NO4. The van der Waals surface area contributed by atoms with Gasteiger partial charge in [-0.05, 0) is 12.1 Å². The second kappa shape index (κ2) is 4.91. The van der Waals surface area contributed by atoms with Crippen LogP contribution in [-0.2, 0) is 4.74 Å². The second-order valence-corrected chi connectivity index (χ2v) is 4.07. The molecule has 1 amide bonds. The van der Waals surface area contributed by atoms with Crippen molar-refractivity contribution in [2.24, 2.45) is 11.7 Å². The van der Waals surface area contributed by atoms with Crippen LogP contribution in [-0.4, -0.2) is 18.5 Å². The van der Waals surface area contributed by atoms with Gasteiger partial charge < -0.3 is 14.9 Å². The molecule has 0 bridgehead atoms. The summed E-state index contributed by atoms with van der Waals surface area (Å²) in [6, 6.07) is 7.04. The zero-order valence-corrected chi connectivity index (χ0v) is 9.88. The first-order valence-corrected chi connectivity index (χ1v) is 5.51. The minimum atomic E-state index is -0.879. The third-order valence-corrected chi connectivity index (χ3v) is 2.66. The van der Waals surface area contributed by atoms with Gasteiger partial charge in [-0.15, -0.1) is 0 Å². The first-order chi connectivity index (χ1) is 8.58. The van der Waals surface area contributed by atoms with E-state index >= 15 is 0 Å². The Balaban J connectivity index is 2.14. The number of carbonyl (C=O) groups is 2. The second-order valence-electron chi connectivity index (χ2n) is 4.07. The molecule has 1 aromatic heterocycles. The Hall–Kier alpha value is -2.30. The van der Waals surface area contributed by atoms with Crippen molar-refractivity contribution in [1.29, 1.82) is 0 Å². The normalized spacial score (nSPS) is 12.3. The maximum Gasteiger partial charge on any atom is 0.404 e.